The van der Waals surface area contributed by atoms with Crippen molar-refractivity contribution < 1.29 is 14.3 Å². The molecule has 0 atom stereocenters. The van der Waals surface area contributed by atoms with Crippen molar-refractivity contribution in [3.05, 3.63) is 90.3 Å². The van der Waals surface area contributed by atoms with Crippen molar-refractivity contribution in [1.29, 1.82) is 0 Å². The van der Waals surface area contributed by atoms with Crippen LogP contribution in [0, 0.1) is 0 Å². The quantitative estimate of drug-likeness (QED) is 0.632. The zero-order valence-corrected chi connectivity index (χ0v) is 15.3. The highest BCUT2D eigenvalue weighted by atomic mass is 16.5. The smallest absolute Gasteiger partial charge is 0.251 e. The molecule has 1 heterocycles. The number of nitrogens with zero attached hydrogens (tertiary/aromatic N) is 1. The van der Waals surface area contributed by atoms with Crippen molar-refractivity contribution in [3.63, 3.8) is 0 Å². The average molecular weight is 375 g/mol. The average Bonchev–Trinajstić information content (AvgIpc) is 2.74. The van der Waals surface area contributed by atoms with Crippen LogP contribution in [0.25, 0.3) is 0 Å². The molecule has 2 amide bonds. The molecule has 2 aromatic carbocycles. The first-order valence-corrected chi connectivity index (χ1v) is 8.96. The lowest BCUT2D eigenvalue weighted by molar-refractivity contribution is -0.116. The summed E-state index contributed by atoms with van der Waals surface area (Å²) in [6.45, 7) is 0.610. The van der Waals surface area contributed by atoms with Gasteiger partial charge in [0, 0.05) is 36.5 Å². The van der Waals surface area contributed by atoms with Crippen LogP contribution in [-0.4, -0.2) is 23.3 Å². The Morgan fingerprint density at radius 3 is 2.54 bits per heavy atom. The van der Waals surface area contributed by atoms with Gasteiger partial charge in [-0.15, -0.1) is 0 Å². The third-order valence-corrected chi connectivity index (χ3v) is 3.90. The zero-order valence-electron chi connectivity index (χ0n) is 15.3. The molecular formula is C22H21N3O3. The number of rotatable bonds is 8. The van der Waals surface area contributed by atoms with Gasteiger partial charge in [0.05, 0.1) is 5.69 Å². The second-order valence-corrected chi connectivity index (χ2v) is 6.06. The van der Waals surface area contributed by atoms with Gasteiger partial charge in [-0.25, -0.2) is 0 Å². The second-order valence-electron chi connectivity index (χ2n) is 6.06. The van der Waals surface area contributed by atoms with Gasteiger partial charge in [-0.05, 0) is 36.4 Å². The Kier molecular flexibility index (Phi) is 6.73. The minimum Gasteiger partial charge on any atom is -0.487 e. The molecule has 142 valence electrons. The summed E-state index contributed by atoms with van der Waals surface area (Å²) in [6.07, 6.45) is 1.89. The SMILES string of the molecule is O=C(CCNC(=O)c1ccccc1)Nc1cccc(OCc2ccccn2)c1. The number of pyridine rings is 1. The number of benzene rings is 2. The van der Waals surface area contributed by atoms with Gasteiger partial charge in [-0.2, -0.15) is 0 Å². The van der Waals surface area contributed by atoms with Crippen LogP contribution >= 0.6 is 0 Å². The summed E-state index contributed by atoms with van der Waals surface area (Å²) in [4.78, 5) is 28.3. The third-order valence-electron chi connectivity index (χ3n) is 3.90. The predicted octanol–water partition coefficient (Wildman–Crippen LogP) is 3.42. The molecule has 0 aliphatic heterocycles. The normalized spacial score (nSPS) is 10.1. The van der Waals surface area contributed by atoms with E-state index in [1.807, 2.05) is 30.3 Å². The van der Waals surface area contributed by atoms with Crippen molar-refractivity contribution in [2.75, 3.05) is 11.9 Å². The maximum absolute atomic E-state index is 12.1. The lowest BCUT2D eigenvalue weighted by atomic mass is 10.2. The third kappa shape index (κ3) is 5.95. The fraction of sp³-hybridized carbons (Fsp3) is 0.136. The van der Waals surface area contributed by atoms with E-state index in [1.165, 1.54) is 0 Å². The number of carbonyl (C=O) groups is 2. The van der Waals surface area contributed by atoms with Crippen LogP contribution in [0.3, 0.4) is 0 Å². The Balaban J connectivity index is 1.44. The Morgan fingerprint density at radius 2 is 1.75 bits per heavy atom. The Labute approximate surface area is 163 Å². The number of aromatic nitrogens is 1. The lowest BCUT2D eigenvalue weighted by Gasteiger charge is -2.09. The molecule has 0 saturated heterocycles. The first-order valence-electron chi connectivity index (χ1n) is 8.96. The Morgan fingerprint density at radius 1 is 0.929 bits per heavy atom. The van der Waals surface area contributed by atoms with E-state index in [1.54, 1.807) is 48.7 Å². The highest BCUT2D eigenvalue weighted by Crippen LogP contribution is 2.18. The summed E-state index contributed by atoms with van der Waals surface area (Å²) in [5.41, 5.74) is 2.03. The van der Waals surface area contributed by atoms with Gasteiger partial charge in [0.1, 0.15) is 12.4 Å². The maximum Gasteiger partial charge on any atom is 0.251 e. The maximum atomic E-state index is 12.1. The summed E-state index contributed by atoms with van der Waals surface area (Å²) in [5.74, 6) is 0.259. The van der Waals surface area contributed by atoms with Crippen LogP contribution < -0.4 is 15.4 Å². The Bertz CT molecular complexity index is 915. The van der Waals surface area contributed by atoms with Gasteiger partial charge >= 0.3 is 0 Å². The molecule has 0 radical (unpaired) electrons. The molecule has 0 bridgehead atoms. The van der Waals surface area contributed by atoms with E-state index in [2.05, 4.69) is 15.6 Å². The molecule has 0 fully saturated rings. The van der Waals surface area contributed by atoms with Gasteiger partial charge in [-0.1, -0.05) is 30.3 Å². The number of anilines is 1. The summed E-state index contributed by atoms with van der Waals surface area (Å²) in [5, 5.41) is 5.54. The van der Waals surface area contributed by atoms with Crippen molar-refractivity contribution in [2.24, 2.45) is 0 Å². The molecule has 1 aromatic heterocycles. The fourth-order valence-electron chi connectivity index (χ4n) is 2.51. The molecule has 3 rings (SSSR count). The predicted molar refractivity (Wildman–Crippen MR) is 107 cm³/mol. The van der Waals surface area contributed by atoms with E-state index in [9.17, 15) is 9.59 Å². The minimum absolute atomic E-state index is 0.178. The molecule has 0 aliphatic carbocycles. The van der Waals surface area contributed by atoms with Crippen molar-refractivity contribution >= 4 is 17.5 Å². The minimum atomic E-state index is -0.196. The van der Waals surface area contributed by atoms with Crippen LogP contribution in [0.2, 0.25) is 0 Å². The van der Waals surface area contributed by atoms with Crippen molar-refractivity contribution in [2.45, 2.75) is 13.0 Å². The number of nitrogens with one attached hydrogen (secondary N) is 2. The molecule has 6 nitrogen and oxygen atoms in total. The standard InChI is InChI=1S/C22H21N3O3/c26-21(12-14-24-22(27)17-7-2-1-3-8-17)25-18-10-6-11-20(15-18)28-16-19-9-4-5-13-23-19/h1-11,13,15H,12,14,16H2,(H,24,27)(H,25,26). The monoisotopic (exact) mass is 375 g/mol. The molecule has 0 unspecified atom stereocenters. The summed E-state index contributed by atoms with van der Waals surface area (Å²) >= 11 is 0. The fourth-order valence-corrected chi connectivity index (χ4v) is 2.51. The Hall–Kier alpha value is -3.67. The highest BCUT2D eigenvalue weighted by Gasteiger charge is 2.07. The summed E-state index contributed by atoms with van der Waals surface area (Å²) in [6, 6.07) is 21.7. The summed E-state index contributed by atoms with van der Waals surface area (Å²) in [7, 11) is 0. The van der Waals surface area contributed by atoms with Gasteiger partial charge in [-0.3, -0.25) is 14.6 Å². The number of ether oxygens (including phenoxy) is 1. The number of carbonyl (C=O) groups excluding carboxylic acids is 2. The van der Waals surface area contributed by atoms with Gasteiger partial charge in [0.25, 0.3) is 5.91 Å². The first kappa shape index (κ1) is 19.1. The van der Waals surface area contributed by atoms with E-state index < -0.39 is 0 Å². The molecule has 0 saturated carbocycles. The first-order chi connectivity index (χ1) is 13.7. The molecule has 28 heavy (non-hydrogen) atoms. The van der Waals surface area contributed by atoms with Gasteiger partial charge in [0.15, 0.2) is 0 Å². The van der Waals surface area contributed by atoms with E-state index in [-0.39, 0.29) is 24.8 Å². The topological polar surface area (TPSA) is 80.3 Å². The van der Waals surface area contributed by atoms with Gasteiger partial charge < -0.3 is 15.4 Å². The van der Waals surface area contributed by atoms with Crippen LogP contribution in [0.1, 0.15) is 22.5 Å². The van der Waals surface area contributed by atoms with Crippen molar-refractivity contribution in [3.8, 4) is 5.75 Å². The van der Waals surface area contributed by atoms with Crippen LogP contribution in [0.15, 0.2) is 79.0 Å². The van der Waals surface area contributed by atoms with E-state index in [0.29, 0.717) is 23.6 Å². The molecule has 3 aromatic rings. The van der Waals surface area contributed by atoms with E-state index in [0.717, 1.165) is 5.69 Å². The molecule has 6 heteroatoms. The molecule has 0 aliphatic rings. The van der Waals surface area contributed by atoms with E-state index in [4.69, 9.17) is 4.74 Å². The van der Waals surface area contributed by atoms with Gasteiger partial charge in [0.2, 0.25) is 5.91 Å². The molecular weight excluding hydrogens is 354 g/mol. The molecule has 2 N–H and O–H groups in total. The highest BCUT2D eigenvalue weighted by molar-refractivity contribution is 5.95. The molecule has 0 spiro atoms. The van der Waals surface area contributed by atoms with Crippen molar-refractivity contribution in [1.82, 2.24) is 10.3 Å². The summed E-state index contributed by atoms with van der Waals surface area (Å²) < 4.78 is 5.71. The number of hydrogen-bond acceptors (Lipinski definition) is 4. The second kappa shape index (κ2) is 9.87. The number of amides is 2. The van der Waals surface area contributed by atoms with Crippen LogP contribution in [0.4, 0.5) is 5.69 Å². The largest absolute Gasteiger partial charge is 0.487 e. The van der Waals surface area contributed by atoms with Crippen LogP contribution in [-0.2, 0) is 11.4 Å². The zero-order chi connectivity index (χ0) is 19.6. The lowest BCUT2D eigenvalue weighted by Crippen LogP contribution is -2.27. The van der Waals surface area contributed by atoms with Crippen LogP contribution in [0.5, 0.6) is 5.75 Å². The number of hydrogen-bond donors (Lipinski definition) is 2. The van der Waals surface area contributed by atoms with E-state index >= 15 is 0 Å².